The van der Waals surface area contributed by atoms with Crippen molar-refractivity contribution in [1.82, 2.24) is 10.2 Å². The Morgan fingerprint density at radius 3 is 2.64 bits per heavy atom. The van der Waals surface area contributed by atoms with E-state index >= 15 is 0 Å². The van der Waals surface area contributed by atoms with Crippen LogP contribution in [0.5, 0.6) is 0 Å². The summed E-state index contributed by atoms with van der Waals surface area (Å²) in [5, 5.41) is 3.10. The third-order valence-corrected chi connectivity index (χ3v) is 4.04. The van der Waals surface area contributed by atoms with E-state index in [4.69, 9.17) is 5.73 Å². The number of nitrogens with zero attached hydrogens (tertiary/aromatic N) is 2. The van der Waals surface area contributed by atoms with Crippen LogP contribution in [0.15, 0.2) is 29.3 Å². The molecule has 4 nitrogen and oxygen atoms in total. The summed E-state index contributed by atoms with van der Waals surface area (Å²) in [5.41, 5.74) is 8.40. The van der Waals surface area contributed by atoms with Gasteiger partial charge in [-0.15, -0.1) is 0 Å². The highest BCUT2D eigenvalue weighted by atomic mass is 15.1. The van der Waals surface area contributed by atoms with Gasteiger partial charge in [0.2, 0.25) is 0 Å². The minimum Gasteiger partial charge on any atom is -0.370 e. The maximum atomic E-state index is 5.82. The number of hydrogen-bond acceptors (Lipinski definition) is 2. The van der Waals surface area contributed by atoms with Crippen LogP contribution in [0.4, 0.5) is 0 Å². The molecule has 0 radical (unpaired) electrons. The van der Waals surface area contributed by atoms with Crippen molar-refractivity contribution in [3.63, 3.8) is 0 Å². The molecule has 1 aliphatic rings. The number of benzene rings is 1. The molecule has 2 rings (SSSR count). The van der Waals surface area contributed by atoms with Crippen LogP contribution >= 0.6 is 0 Å². The van der Waals surface area contributed by atoms with Crippen LogP contribution in [0, 0.1) is 5.92 Å². The average molecular weight is 302 g/mol. The van der Waals surface area contributed by atoms with Crippen molar-refractivity contribution in [2.45, 2.75) is 52.7 Å². The van der Waals surface area contributed by atoms with Crippen LogP contribution in [0.3, 0.4) is 0 Å². The van der Waals surface area contributed by atoms with Crippen LogP contribution in [-0.2, 0) is 13.1 Å². The molecule has 3 N–H and O–H groups in total. The summed E-state index contributed by atoms with van der Waals surface area (Å²) in [7, 11) is 0. The van der Waals surface area contributed by atoms with E-state index in [2.05, 4.69) is 60.2 Å². The van der Waals surface area contributed by atoms with Crippen molar-refractivity contribution in [1.29, 1.82) is 0 Å². The van der Waals surface area contributed by atoms with Crippen LogP contribution < -0.4 is 11.1 Å². The van der Waals surface area contributed by atoms with E-state index in [9.17, 15) is 0 Å². The number of guanidine groups is 1. The van der Waals surface area contributed by atoms with Gasteiger partial charge in [0.05, 0.1) is 6.54 Å². The molecule has 1 saturated heterocycles. The number of nitrogens with two attached hydrogens (primary N) is 1. The van der Waals surface area contributed by atoms with E-state index in [0.717, 1.165) is 12.5 Å². The second kappa shape index (κ2) is 8.18. The van der Waals surface area contributed by atoms with Gasteiger partial charge in [0, 0.05) is 19.1 Å². The van der Waals surface area contributed by atoms with E-state index in [0.29, 0.717) is 18.5 Å². The molecular formula is C18H30N4. The molecule has 22 heavy (non-hydrogen) atoms. The maximum absolute atomic E-state index is 5.82. The summed E-state index contributed by atoms with van der Waals surface area (Å²) in [6.07, 6.45) is 2.70. The molecule has 1 aliphatic heterocycles. The zero-order chi connectivity index (χ0) is 15.9. The number of nitrogens with one attached hydrogen (secondary N) is 1. The highest BCUT2D eigenvalue weighted by Gasteiger charge is 2.15. The molecule has 122 valence electrons. The number of piperidine rings is 1. The van der Waals surface area contributed by atoms with Gasteiger partial charge in [0.25, 0.3) is 0 Å². The van der Waals surface area contributed by atoms with Crippen LogP contribution in [-0.4, -0.2) is 30.0 Å². The van der Waals surface area contributed by atoms with Crippen LogP contribution in [0.2, 0.25) is 0 Å². The average Bonchev–Trinajstić information content (AvgIpc) is 2.46. The molecule has 1 heterocycles. The van der Waals surface area contributed by atoms with E-state index < -0.39 is 0 Å². The monoisotopic (exact) mass is 302 g/mol. The Balaban J connectivity index is 1.85. The minimum absolute atomic E-state index is 0.318. The maximum Gasteiger partial charge on any atom is 0.189 e. The molecule has 1 atom stereocenters. The third kappa shape index (κ3) is 5.68. The molecule has 1 aromatic carbocycles. The lowest BCUT2D eigenvalue weighted by atomic mass is 9.99. The van der Waals surface area contributed by atoms with Gasteiger partial charge in [-0.1, -0.05) is 31.2 Å². The fourth-order valence-corrected chi connectivity index (χ4v) is 2.96. The Bertz CT molecular complexity index is 478. The molecule has 0 bridgehead atoms. The van der Waals surface area contributed by atoms with Gasteiger partial charge in [0.1, 0.15) is 0 Å². The van der Waals surface area contributed by atoms with Crippen molar-refractivity contribution >= 4 is 5.96 Å². The Kier molecular flexibility index (Phi) is 6.25. The lowest BCUT2D eigenvalue weighted by molar-refractivity contribution is 0.176. The number of likely N-dealkylation sites (tertiary alicyclic amines) is 1. The Hall–Kier alpha value is -1.55. The Labute approximate surface area is 134 Å². The second-order valence-corrected chi connectivity index (χ2v) is 6.80. The molecule has 1 fully saturated rings. The standard InChI is InChI=1S/C18H30N4/c1-14(2)21-18(19)20-11-16-6-8-17(9-7-16)13-22-10-4-5-15(3)12-22/h6-9,14-15H,4-5,10-13H2,1-3H3,(H3,19,20,21). The van der Waals surface area contributed by atoms with Gasteiger partial charge in [-0.05, 0) is 50.3 Å². The van der Waals surface area contributed by atoms with Gasteiger partial charge in [-0.25, -0.2) is 4.99 Å². The number of hydrogen-bond donors (Lipinski definition) is 2. The highest BCUT2D eigenvalue weighted by molar-refractivity contribution is 5.78. The molecule has 0 aromatic heterocycles. The zero-order valence-corrected chi connectivity index (χ0v) is 14.2. The smallest absolute Gasteiger partial charge is 0.189 e. The molecule has 0 aliphatic carbocycles. The summed E-state index contributed by atoms with van der Waals surface area (Å²) in [4.78, 5) is 6.92. The largest absolute Gasteiger partial charge is 0.370 e. The van der Waals surface area contributed by atoms with Crippen LogP contribution in [0.1, 0.15) is 44.7 Å². The molecule has 4 heteroatoms. The molecule has 0 saturated carbocycles. The fraction of sp³-hybridized carbons (Fsp3) is 0.611. The quantitative estimate of drug-likeness (QED) is 0.649. The van der Waals surface area contributed by atoms with Gasteiger partial charge in [0.15, 0.2) is 5.96 Å². The lowest BCUT2D eigenvalue weighted by Gasteiger charge is -2.30. The van der Waals surface area contributed by atoms with Gasteiger partial charge in [-0.3, -0.25) is 4.90 Å². The van der Waals surface area contributed by atoms with E-state index in [-0.39, 0.29) is 0 Å². The summed E-state index contributed by atoms with van der Waals surface area (Å²) in [6.45, 7) is 10.6. The van der Waals surface area contributed by atoms with E-state index in [1.165, 1.54) is 37.1 Å². The molecular weight excluding hydrogens is 272 g/mol. The molecule has 1 aromatic rings. The predicted molar refractivity (Wildman–Crippen MR) is 93.7 cm³/mol. The first-order valence-corrected chi connectivity index (χ1v) is 8.39. The van der Waals surface area contributed by atoms with Crippen molar-refractivity contribution in [2.75, 3.05) is 13.1 Å². The predicted octanol–water partition coefficient (Wildman–Crippen LogP) is 2.73. The SMILES string of the molecule is CC1CCCN(Cc2ccc(CN=C(N)NC(C)C)cc2)C1. The number of rotatable bonds is 5. The van der Waals surface area contributed by atoms with Crippen LogP contribution in [0.25, 0.3) is 0 Å². The summed E-state index contributed by atoms with van der Waals surface area (Å²) in [5.74, 6) is 1.35. The molecule has 0 amide bonds. The fourth-order valence-electron chi connectivity index (χ4n) is 2.96. The van der Waals surface area contributed by atoms with Crippen molar-refractivity contribution in [3.05, 3.63) is 35.4 Å². The third-order valence-electron chi connectivity index (χ3n) is 4.04. The highest BCUT2D eigenvalue weighted by Crippen LogP contribution is 2.18. The summed E-state index contributed by atoms with van der Waals surface area (Å²) >= 11 is 0. The normalized spacial score (nSPS) is 20.4. The van der Waals surface area contributed by atoms with E-state index in [1.54, 1.807) is 0 Å². The first-order chi connectivity index (χ1) is 10.5. The summed E-state index contributed by atoms with van der Waals surface area (Å²) < 4.78 is 0. The topological polar surface area (TPSA) is 53.6 Å². The lowest BCUT2D eigenvalue weighted by Crippen LogP contribution is -2.36. The van der Waals surface area contributed by atoms with Gasteiger partial charge < -0.3 is 11.1 Å². The first kappa shape index (κ1) is 16.8. The van der Waals surface area contributed by atoms with E-state index in [1.807, 2.05) is 0 Å². The van der Waals surface area contributed by atoms with Gasteiger partial charge >= 0.3 is 0 Å². The van der Waals surface area contributed by atoms with Gasteiger partial charge in [-0.2, -0.15) is 0 Å². The Morgan fingerprint density at radius 2 is 2.00 bits per heavy atom. The number of aliphatic imine (C=N–C) groups is 1. The Morgan fingerprint density at radius 1 is 1.32 bits per heavy atom. The molecule has 1 unspecified atom stereocenters. The van der Waals surface area contributed by atoms with Crippen molar-refractivity contribution in [2.24, 2.45) is 16.6 Å². The zero-order valence-electron chi connectivity index (χ0n) is 14.2. The van der Waals surface area contributed by atoms with Crippen molar-refractivity contribution < 1.29 is 0 Å². The molecule has 0 spiro atoms. The minimum atomic E-state index is 0.318. The second-order valence-electron chi connectivity index (χ2n) is 6.80. The summed E-state index contributed by atoms with van der Waals surface area (Å²) in [6, 6.07) is 9.08. The first-order valence-electron chi connectivity index (χ1n) is 8.39. The van der Waals surface area contributed by atoms with Crippen molar-refractivity contribution in [3.8, 4) is 0 Å².